The Morgan fingerprint density at radius 3 is 1.76 bits per heavy atom. The fourth-order valence-corrected chi connectivity index (χ4v) is 10.7. The first-order chi connectivity index (χ1) is 21.8. The fourth-order valence-electron chi connectivity index (χ4n) is 10.3. The summed E-state index contributed by atoms with van der Waals surface area (Å²) in [5, 5.41) is 14.6. The molecule has 0 bridgehead atoms. The Hall–Kier alpha value is -3.11. The molecule has 0 spiro atoms. The minimum absolute atomic E-state index is 0.0201. The van der Waals surface area contributed by atoms with Gasteiger partial charge in [0.05, 0.1) is 0 Å². The predicted molar refractivity (Wildman–Crippen MR) is 170 cm³/mol. The summed E-state index contributed by atoms with van der Waals surface area (Å²) in [7, 11) is -4.00. The van der Waals surface area contributed by atoms with Crippen molar-refractivity contribution in [2.75, 3.05) is 0 Å². The van der Waals surface area contributed by atoms with Crippen molar-refractivity contribution in [1.29, 1.82) is 0 Å². The van der Waals surface area contributed by atoms with Crippen LogP contribution in [0.3, 0.4) is 0 Å². The number of ether oxygens (including phenoxy) is 2. The van der Waals surface area contributed by atoms with Crippen molar-refractivity contribution in [3.05, 3.63) is 58.7 Å². The monoisotopic (exact) mass is 651 g/mol. The molecular weight excluding hydrogens is 606 g/mol. The number of carbonyl (C=O) groups is 2. The van der Waals surface area contributed by atoms with Crippen LogP contribution in [-0.2, 0) is 42.2 Å². The zero-order valence-electron chi connectivity index (χ0n) is 26.7. The second-order valence-corrected chi connectivity index (χ2v) is 16.0. The third-order valence-corrected chi connectivity index (χ3v) is 12.7. The van der Waals surface area contributed by atoms with Crippen LogP contribution in [-0.4, -0.2) is 36.7 Å². The topological polar surface area (TPSA) is 142 Å². The van der Waals surface area contributed by atoms with Crippen molar-refractivity contribution in [2.24, 2.45) is 28.8 Å². The van der Waals surface area contributed by atoms with E-state index in [1.807, 2.05) is 18.2 Å². The molecule has 10 heteroatoms. The molecule has 6 aliphatic rings. The summed E-state index contributed by atoms with van der Waals surface area (Å²) in [4.78, 5) is 23.4. The van der Waals surface area contributed by atoms with Crippen LogP contribution in [0.15, 0.2) is 36.4 Å². The summed E-state index contributed by atoms with van der Waals surface area (Å²) >= 11 is 0. The average molecular weight is 652 g/mol. The van der Waals surface area contributed by atoms with Crippen molar-refractivity contribution >= 4 is 22.2 Å². The van der Waals surface area contributed by atoms with Gasteiger partial charge in [-0.15, -0.1) is 0 Å². The van der Waals surface area contributed by atoms with E-state index in [0.29, 0.717) is 54.1 Å². The molecule has 8 atom stereocenters. The van der Waals surface area contributed by atoms with Crippen molar-refractivity contribution in [1.82, 2.24) is 0 Å². The molecule has 2 aliphatic heterocycles. The molecule has 9 nitrogen and oxygen atoms in total. The van der Waals surface area contributed by atoms with Gasteiger partial charge >= 0.3 is 22.2 Å². The van der Waals surface area contributed by atoms with E-state index in [1.165, 1.54) is 16.7 Å². The van der Waals surface area contributed by atoms with Crippen LogP contribution in [0, 0.1) is 23.7 Å². The molecule has 2 heterocycles. The lowest BCUT2D eigenvalue weighted by Crippen LogP contribution is -2.52. The van der Waals surface area contributed by atoms with Gasteiger partial charge in [-0.3, -0.25) is 9.59 Å². The molecule has 2 saturated carbocycles. The normalized spacial score (nSPS) is 36.0. The lowest BCUT2D eigenvalue weighted by atomic mass is 9.57. The van der Waals surface area contributed by atoms with Crippen LogP contribution in [0.4, 0.5) is 0 Å². The lowest BCUT2D eigenvalue weighted by molar-refractivity contribution is -0.186. The SMILES string of the molecule is C[C@]12CCC3c4ccc(O)cc4CCC3C1CCC(=O)O2.C[C@]12CCC3c4ccc(OS(N)(=O)=O)cc4CCC3C1CCC(=O)O2. The van der Waals surface area contributed by atoms with E-state index >= 15 is 0 Å². The number of hydrogen-bond donors (Lipinski definition) is 2. The highest BCUT2D eigenvalue weighted by Crippen LogP contribution is 2.57. The van der Waals surface area contributed by atoms with Gasteiger partial charge in [-0.05, 0) is 148 Å². The van der Waals surface area contributed by atoms with Crippen LogP contribution >= 0.6 is 0 Å². The van der Waals surface area contributed by atoms with Gasteiger partial charge in [0.1, 0.15) is 22.7 Å². The van der Waals surface area contributed by atoms with Gasteiger partial charge in [0.2, 0.25) is 0 Å². The molecule has 4 aliphatic carbocycles. The van der Waals surface area contributed by atoms with Gasteiger partial charge in [0.25, 0.3) is 0 Å². The molecule has 2 aromatic carbocycles. The van der Waals surface area contributed by atoms with E-state index in [9.17, 15) is 23.1 Å². The molecular formula is C36H45NO8S. The van der Waals surface area contributed by atoms with Crippen molar-refractivity contribution in [3.63, 3.8) is 0 Å². The second kappa shape index (κ2) is 11.5. The quantitative estimate of drug-likeness (QED) is 0.379. The number of fused-ring (bicyclic) bond motifs is 10. The molecule has 6 unspecified atom stereocenters. The minimum Gasteiger partial charge on any atom is -0.508 e. The zero-order valence-corrected chi connectivity index (χ0v) is 27.5. The maximum atomic E-state index is 11.7. The number of esters is 2. The lowest BCUT2D eigenvalue weighted by Gasteiger charge is -2.53. The van der Waals surface area contributed by atoms with E-state index < -0.39 is 10.3 Å². The molecule has 0 radical (unpaired) electrons. The first-order valence-corrected chi connectivity index (χ1v) is 18.4. The molecule has 0 aromatic heterocycles. The Labute approximate surface area is 271 Å². The van der Waals surface area contributed by atoms with E-state index in [-0.39, 0.29) is 28.9 Å². The number of phenols is 1. The van der Waals surface area contributed by atoms with Gasteiger partial charge in [0, 0.05) is 24.7 Å². The Kier molecular flexibility index (Phi) is 7.90. The maximum absolute atomic E-state index is 11.7. The second-order valence-electron chi connectivity index (χ2n) is 14.9. The first-order valence-electron chi connectivity index (χ1n) is 16.9. The fraction of sp³-hybridized carbons (Fsp3) is 0.611. The van der Waals surface area contributed by atoms with Crippen molar-refractivity contribution < 1.29 is 36.8 Å². The molecule has 4 fully saturated rings. The zero-order chi connectivity index (χ0) is 32.4. The van der Waals surface area contributed by atoms with Gasteiger partial charge < -0.3 is 18.8 Å². The van der Waals surface area contributed by atoms with Crippen LogP contribution in [0.2, 0.25) is 0 Å². The molecule has 248 valence electrons. The Balaban J connectivity index is 0.000000149. The maximum Gasteiger partial charge on any atom is 0.380 e. The van der Waals surface area contributed by atoms with Gasteiger partial charge in [-0.1, -0.05) is 12.1 Å². The average Bonchev–Trinajstić information content (AvgIpc) is 2.98. The summed E-state index contributed by atoms with van der Waals surface area (Å²) in [6, 6.07) is 11.3. The minimum atomic E-state index is -4.00. The number of hydrogen-bond acceptors (Lipinski definition) is 8. The Morgan fingerprint density at radius 1 is 0.739 bits per heavy atom. The molecule has 3 N–H and O–H groups in total. The highest BCUT2D eigenvalue weighted by atomic mass is 32.2. The predicted octanol–water partition coefficient (Wildman–Crippen LogP) is 5.96. The highest BCUT2D eigenvalue weighted by molar-refractivity contribution is 7.84. The number of phenolic OH excluding ortho intramolecular Hbond substituents is 1. The third kappa shape index (κ3) is 5.80. The number of aromatic hydroxyl groups is 1. The van der Waals surface area contributed by atoms with Gasteiger partial charge in [-0.25, -0.2) is 0 Å². The van der Waals surface area contributed by atoms with Gasteiger partial charge in [0.15, 0.2) is 0 Å². The summed E-state index contributed by atoms with van der Waals surface area (Å²) in [5.74, 6) is 3.58. The Bertz CT molecular complexity index is 1660. The number of aryl methyl sites for hydroxylation is 2. The number of nitrogens with two attached hydrogens (primary N) is 1. The van der Waals surface area contributed by atoms with E-state index in [1.54, 1.807) is 12.1 Å². The van der Waals surface area contributed by atoms with Crippen molar-refractivity contribution in [2.45, 2.75) is 114 Å². The summed E-state index contributed by atoms with van der Waals surface area (Å²) in [5.41, 5.74) is 4.57. The summed E-state index contributed by atoms with van der Waals surface area (Å²) in [6.45, 7) is 4.22. The van der Waals surface area contributed by atoms with Crippen molar-refractivity contribution in [3.8, 4) is 11.5 Å². The van der Waals surface area contributed by atoms with Crippen LogP contribution in [0.1, 0.15) is 112 Å². The third-order valence-electron chi connectivity index (χ3n) is 12.3. The Morgan fingerprint density at radius 2 is 1.24 bits per heavy atom. The number of rotatable bonds is 2. The van der Waals surface area contributed by atoms with Gasteiger partial charge in [-0.2, -0.15) is 13.6 Å². The molecule has 46 heavy (non-hydrogen) atoms. The van der Waals surface area contributed by atoms with E-state index in [2.05, 4.69) is 19.9 Å². The molecule has 0 amide bonds. The van der Waals surface area contributed by atoms with E-state index in [0.717, 1.165) is 69.8 Å². The molecule has 2 aromatic rings. The van der Waals surface area contributed by atoms with Crippen LogP contribution < -0.4 is 9.32 Å². The largest absolute Gasteiger partial charge is 0.508 e. The van der Waals surface area contributed by atoms with E-state index in [4.69, 9.17) is 18.8 Å². The molecule has 2 saturated heterocycles. The van der Waals surface area contributed by atoms with Crippen LogP contribution in [0.5, 0.6) is 11.5 Å². The summed E-state index contributed by atoms with van der Waals surface area (Å²) < 4.78 is 38.6. The standard InChI is InChI=1S/C18H23NO5S.C18H22O3/c1-18-9-8-14-13-5-3-12(24-25(19,21)22)10-11(13)2-4-15(14)16(18)6-7-17(20)23-18;1-18-9-8-14-13-5-3-12(19)10-11(13)2-4-15(14)16(18)6-7-17(20)21-18/h3,5,10,14-16H,2,4,6-9H2,1H3,(H2,19,21,22);3,5,10,14-16,19H,2,4,6-9H2,1H3/t2*14?,15?,16?,18-/m00/s1. The smallest absolute Gasteiger partial charge is 0.380 e. The first kappa shape index (κ1) is 31.5. The van der Waals surface area contributed by atoms with Crippen LogP contribution in [0.25, 0.3) is 0 Å². The highest BCUT2D eigenvalue weighted by Gasteiger charge is 2.53. The molecule has 8 rings (SSSR count). The number of carbonyl (C=O) groups excluding carboxylic acids is 2. The number of benzene rings is 2. The summed E-state index contributed by atoms with van der Waals surface area (Å²) in [6.07, 6.45) is 10.9.